The first kappa shape index (κ1) is 13.5. The molecule has 0 radical (unpaired) electrons. The summed E-state index contributed by atoms with van der Waals surface area (Å²) in [6.45, 7) is 1.09. The van der Waals surface area contributed by atoms with Gasteiger partial charge < -0.3 is 5.32 Å². The second kappa shape index (κ2) is 6.83. The van der Waals surface area contributed by atoms with Crippen LogP contribution in [0.5, 0.6) is 0 Å². The number of nitrogens with one attached hydrogen (secondary N) is 1. The summed E-state index contributed by atoms with van der Waals surface area (Å²) in [5.74, 6) is 3.36. The number of rotatable bonds is 6. The average Bonchev–Trinajstić information content (AvgIpc) is 2.31. The van der Waals surface area contributed by atoms with Gasteiger partial charge in [0.25, 0.3) is 0 Å². The first-order valence-corrected chi connectivity index (χ1v) is 7.09. The highest BCUT2D eigenvalue weighted by Crippen LogP contribution is 2.37. The van der Waals surface area contributed by atoms with E-state index in [0.29, 0.717) is 12.0 Å². The van der Waals surface area contributed by atoms with Gasteiger partial charge in [0.15, 0.2) is 0 Å². The quantitative estimate of drug-likeness (QED) is 0.603. The summed E-state index contributed by atoms with van der Waals surface area (Å²) in [6, 6.07) is 8.93. The molecule has 0 aromatic heterocycles. The van der Waals surface area contributed by atoms with Crippen molar-refractivity contribution in [3.05, 3.63) is 34.9 Å². The minimum absolute atomic E-state index is 0.680. The Hall–Kier alpha value is -0.970. The lowest BCUT2D eigenvalue weighted by atomic mass is 9.76. The van der Waals surface area contributed by atoms with E-state index in [-0.39, 0.29) is 0 Å². The zero-order chi connectivity index (χ0) is 12.8. The van der Waals surface area contributed by atoms with Crippen molar-refractivity contribution in [3.8, 4) is 12.3 Å². The molecule has 96 valence electrons. The lowest BCUT2D eigenvalue weighted by Gasteiger charge is -2.36. The van der Waals surface area contributed by atoms with Crippen molar-refractivity contribution in [2.45, 2.75) is 44.1 Å². The fourth-order valence-electron chi connectivity index (χ4n) is 2.48. The van der Waals surface area contributed by atoms with Gasteiger partial charge in [-0.05, 0) is 55.8 Å². The summed E-state index contributed by atoms with van der Waals surface area (Å²) in [7, 11) is 0. The Labute approximate surface area is 115 Å². The monoisotopic (exact) mass is 261 g/mol. The molecule has 1 nitrogen and oxygen atoms in total. The highest BCUT2D eigenvalue weighted by molar-refractivity contribution is 6.30. The number of terminal acetylenes is 1. The summed E-state index contributed by atoms with van der Waals surface area (Å²) < 4.78 is 0. The van der Waals surface area contributed by atoms with E-state index in [1.165, 1.54) is 24.8 Å². The Morgan fingerprint density at radius 3 is 2.89 bits per heavy atom. The molecule has 1 saturated carbocycles. The van der Waals surface area contributed by atoms with Crippen molar-refractivity contribution in [1.29, 1.82) is 0 Å². The molecule has 2 rings (SSSR count). The molecule has 2 heteroatoms. The largest absolute Gasteiger partial charge is 0.314 e. The van der Waals surface area contributed by atoms with Crippen LogP contribution in [0.25, 0.3) is 0 Å². The van der Waals surface area contributed by atoms with E-state index in [9.17, 15) is 0 Å². The summed E-state index contributed by atoms with van der Waals surface area (Å²) in [5.41, 5.74) is 1.38. The SMILES string of the molecule is C#CCCCCNC1CC(c2cccc(Cl)c2)C1. The Kier molecular flexibility index (Phi) is 5.11. The normalized spacial score (nSPS) is 22.2. The summed E-state index contributed by atoms with van der Waals surface area (Å²) in [4.78, 5) is 0. The molecule has 0 unspecified atom stereocenters. The number of unbranched alkanes of at least 4 members (excludes halogenated alkanes) is 2. The van der Waals surface area contributed by atoms with E-state index in [1.54, 1.807) is 0 Å². The molecule has 0 atom stereocenters. The molecule has 18 heavy (non-hydrogen) atoms. The molecular weight excluding hydrogens is 242 g/mol. The van der Waals surface area contributed by atoms with Crippen molar-refractivity contribution in [2.24, 2.45) is 0 Å². The molecule has 0 spiro atoms. The van der Waals surface area contributed by atoms with Crippen LogP contribution < -0.4 is 5.32 Å². The highest BCUT2D eigenvalue weighted by atomic mass is 35.5. The first-order chi connectivity index (χ1) is 8.79. The molecule has 0 saturated heterocycles. The predicted molar refractivity (Wildman–Crippen MR) is 77.9 cm³/mol. The molecular formula is C16H20ClN. The van der Waals surface area contributed by atoms with E-state index < -0.39 is 0 Å². The maximum atomic E-state index is 6.01. The van der Waals surface area contributed by atoms with Crippen LogP contribution in [-0.4, -0.2) is 12.6 Å². The molecule has 1 N–H and O–H groups in total. The van der Waals surface area contributed by atoms with Gasteiger partial charge in [-0.3, -0.25) is 0 Å². The molecule has 0 aliphatic heterocycles. The maximum Gasteiger partial charge on any atom is 0.0408 e. The van der Waals surface area contributed by atoms with Gasteiger partial charge in [0.2, 0.25) is 0 Å². The molecule has 0 heterocycles. The van der Waals surface area contributed by atoms with Crippen LogP contribution in [-0.2, 0) is 0 Å². The molecule has 1 fully saturated rings. The van der Waals surface area contributed by atoms with Crippen LogP contribution in [0.1, 0.15) is 43.6 Å². The van der Waals surface area contributed by atoms with Crippen LogP contribution in [0.15, 0.2) is 24.3 Å². The third kappa shape index (κ3) is 3.77. The Balaban J connectivity index is 1.64. The number of hydrogen-bond acceptors (Lipinski definition) is 1. The van der Waals surface area contributed by atoms with E-state index in [4.69, 9.17) is 18.0 Å². The van der Waals surface area contributed by atoms with Crippen LogP contribution in [0, 0.1) is 12.3 Å². The second-order valence-corrected chi connectivity index (χ2v) is 5.47. The molecule has 1 aromatic rings. The minimum Gasteiger partial charge on any atom is -0.314 e. The van der Waals surface area contributed by atoms with Crippen molar-refractivity contribution in [1.82, 2.24) is 5.32 Å². The summed E-state index contributed by atoms with van der Waals surface area (Å²) >= 11 is 6.01. The van der Waals surface area contributed by atoms with Crippen molar-refractivity contribution in [3.63, 3.8) is 0 Å². The number of halogens is 1. The highest BCUT2D eigenvalue weighted by Gasteiger charge is 2.29. The van der Waals surface area contributed by atoms with Gasteiger partial charge in [0.1, 0.15) is 0 Å². The lowest BCUT2D eigenvalue weighted by Crippen LogP contribution is -2.40. The Morgan fingerprint density at radius 1 is 1.33 bits per heavy atom. The first-order valence-electron chi connectivity index (χ1n) is 6.72. The van der Waals surface area contributed by atoms with Crippen molar-refractivity contribution < 1.29 is 0 Å². The summed E-state index contributed by atoms with van der Waals surface area (Å²) in [5, 5.41) is 4.44. The van der Waals surface area contributed by atoms with Gasteiger partial charge in [-0.2, -0.15) is 0 Å². The molecule has 0 amide bonds. The lowest BCUT2D eigenvalue weighted by molar-refractivity contribution is 0.290. The van der Waals surface area contributed by atoms with Crippen molar-refractivity contribution >= 4 is 11.6 Å². The van der Waals surface area contributed by atoms with E-state index in [0.717, 1.165) is 24.4 Å². The minimum atomic E-state index is 0.680. The molecule has 0 bridgehead atoms. The van der Waals surface area contributed by atoms with Gasteiger partial charge in [-0.15, -0.1) is 12.3 Å². The summed E-state index contributed by atoms with van der Waals surface area (Å²) in [6.07, 6.45) is 10.9. The van der Waals surface area contributed by atoms with E-state index in [2.05, 4.69) is 23.4 Å². The predicted octanol–water partition coefficient (Wildman–Crippen LogP) is 3.98. The average molecular weight is 262 g/mol. The van der Waals surface area contributed by atoms with Crippen LogP contribution in [0.3, 0.4) is 0 Å². The van der Waals surface area contributed by atoms with Crippen LogP contribution in [0.4, 0.5) is 0 Å². The van der Waals surface area contributed by atoms with Gasteiger partial charge in [-0.1, -0.05) is 23.7 Å². The molecule has 1 aliphatic carbocycles. The van der Waals surface area contributed by atoms with Gasteiger partial charge in [0.05, 0.1) is 0 Å². The van der Waals surface area contributed by atoms with Crippen LogP contribution >= 0.6 is 11.6 Å². The maximum absolute atomic E-state index is 6.01. The zero-order valence-corrected chi connectivity index (χ0v) is 11.4. The second-order valence-electron chi connectivity index (χ2n) is 5.04. The van der Waals surface area contributed by atoms with Gasteiger partial charge >= 0.3 is 0 Å². The molecule has 1 aromatic carbocycles. The fraction of sp³-hybridized carbons (Fsp3) is 0.500. The molecule has 1 aliphatic rings. The fourth-order valence-corrected chi connectivity index (χ4v) is 2.67. The number of benzene rings is 1. The third-order valence-electron chi connectivity index (χ3n) is 3.64. The van der Waals surface area contributed by atoms with Gasteiger partial charge in [0, 0.05) is 17.5 Å². The third-order valence-corrected chi connectivity index (χ3v) is 3.87. The smallest absolute Gasteiger partial charge is 0.0408 e. The van der Waals surface area contributed by atoms with E-state index in [1.807, 2.05) is 12.1 Å². The Bertz CT molecular complexity index is 415. The van der Waals surface area contributed by atoms with E-state index >= 15 is 0 Å². The van der Waals surface area contributed by atoms with Crippen LogP contribution in [0.2, 0.25) is 5.02 Å². The van der Waals surface area contributed by atoms with Gasteiger partial charge in [-0.25, -0.2) is 0 Å². The number of hydrogen-bond donors (Lipinski definition) is 1. The zero-order valence-electron chi connectivity index (χ0n) is 10.7. The Morgan fingerprint density at radius 2 is 2.17 bits per heavy atom. The topological polar surface area (TPSA) is 12.0 Å². The standard InChI is InChI=1S/C16H20ClN/c1-2-3-4-5-9-18-16-11-14(12-16)13-7-6-8-15(17)10-13/h1,6-8,10,14,16,18H,3-5,9,11-12H2. The van der Waals surface area contributed by atoms with Crippen molar-refractivity contribution in [2.75, 3.05) is 6.54 Å².